The van der Waals surface area contributed by atoms with E-state index in [0.717, 1.165) is 0 Å². The summed E-state index contributed by atoms with van der Waals surface area (Å²) in [5, 5.41) is 0. The fourth-order valence-electron chi connectivity index (χ4n) is 0. The van der Waals surface area contributed by atoms with Crippen molar-refractivity contribution in [1.82, 2.24) is 0 Å². The zero-order valence-electron chi connectivity index (χ0n) is 3.07. The Morgan fingerprint density at radius 1 is 1.14 bits per heavy atom. The predicted octanol–water partition coefficient (Wildman–Crippen LogP) is -3.05. The minimum Gasteiger partial charge on any atom is -0.822 e. The van der Waals surface area contributed by atoms with E-state index in [0.29, 0.717) is 0 Å². The van der Waals surface area contributed by atoms with E-state index in [1.807, 2.05) is 0 Å². The molecule has 0 N–H and O–H groups in total. The molecule has 0 heterocycles. The third-order valence-electron chi connectivity index (χ3n) is 0. The van der Waals surface area contributed by atoms with E-state index in [4.69, 9.17) is 19.2 Å². The molecule has 0 saturated carbocycles. The molecule has 0 unspecified atom stereocenters. The molecule has 0 saturated heterocycles. The van der Waals surface area contributed by atoms with Crippen LogP contribution in [-0.4, -0.2) is 8.41 Å². The molecule has 0 bridgehead atoms. The fourth-order valence-corrected chi connectivity index (χ4v) is 0. The zero-order valence-corrected chi connectivity index (χ0v) is 3.96. The Morgan fingerprint density at radius 3 is 1.14 bits per heavy atom. The molecule has 0 aromatic carbocycles. The van der Waals surface area contributed by atoms with E-state index in [1.54, 1.807) is 0 Å². The summed E-state index contributed by atoms with van der Waals surface area (Å²) in [4.78, 5) is 25.6. The van der Waals surface area contributed by atoms with Crippen LogP contribution >= 0.6 is 7.82 Å². The first kappa shape index (κ1) is 15.7. The normalized spacial score (nSPS) is 8.43. The second-order valence-electron chi connectivity index (χ2n) is 0.447. The zero-order chi connectivity index (χ0) is 4.50. The number of halogens is 1. The van der Waals surface area contributed by atoms with Crippen LogP contribution < -0.4 is 14.7 Å². The largest absolute Gasteiger partial charge is 3.00 e. The van der Waals surface area contributed by atoms with Crippen molar-refractivity contribution in [3.8, 4) is 0 Å². The van der Waals surface area contributed by atoms with E-state index in [1.165, 1.54) is 0 Å². The first-order valence-electron chi connectivity index (χ1n) is 0.730. The van der Waals surface area contributed by atoms with Crippen molar-refractivity contribution in [1.29, 1.82) is 0 Å². The first-order chi connectivity index (χ1) is 2.00. The monoisotopic (exact) mass is 126 g/mol. The Bertz CT molecular complexity index is 57.8. The molecule has 0 atom stereocenters. The van der Waals surface area contributed by atoms with Crippen molar-refractivity contribution in [2.45, 2.75) is 0 Å². The summed E-state index contributed by atoms with van der Waals surface area (Å²) in [6.07, 6.45) is 0. The van der Waals surface area contributed by atoms with Crippen LogP contribution in [0.4, 0.5) is 4.70 Å². The average Bonchev–Trinajstić information content (AvgIpc) is 0.722. The van der Waals surface area contributed by atoms with Gasteiger partial charge in [0.25, 0.3) is 0 Å². The van der Waals surface area contributed by atoms with Gasteiger partial charge >= 0.3 is 8.41 Å². The van der Waals surface area contributed by atoms with E-state index in [2.05, 4.69) is 0 Å². The van der Waals surface area contributed by atoms with Gasteiger partial charge in [-0.05, 0) is 0 Å². The quantitative estimate of drug-likeness (QED) is 0.254. The minimum absolute atomic E-state index is 0. The van der Waals surface area contributed by atoms with E-state index >= 15 is 0 Å². The van der Waals surface area contributed by atoms with Gasteiger partial charge in [0.15, 0.2) is 0 Å². The van der Waals surface area contributed by atoms with E-state index < -0.39 is 7.82 Å². The molecule has 0 radical (unpaired) electrons. The van der Waals surface area contributed by atoms with Crippen LogP contribution in [0.15, 0.2) is 0 Å². The van der Waals surface area contributed by atoms with Crippen LogP contribution in [0.5, 0.6) is 0 Å². The van der Waals surface area contributed by atoms with Crippen LogP contribution in [0.3, 0.4) is 0 Å². The van der Waals surface area contributed by atoms with Gasteiger partial charge in [0, 0.05) is 0 Å². The van der Waals surface area contributed by atoms with Crippen LogP contribution in [0, 0.1) is 0 Å². The summed E-state index contributed by atoms with van der Waals surface area (Å²) >= 11 is 0. The van der Waals surface area contributed by atoms with Gasteiger partial charge in [0.2, 0.25) is 0 Å². The smallest absolute Gasteiger partial charge is 0.822 e. The summed E-state index contributed by atoms with van der Waals surface area (Å²) in [6.45, 7) is 0. The molecule has 7 heavy (non-hydrogen) atoms. The summed E-state index contributed by atoms with van der Waals surface area (Å²) < 4.78 is 8.55. The number of rotatable bonds is 0. The molecule has 0 aromatic rings. The maximum absolute atomic E-state index is 8.55. The van der Waals surface area contributed by atoms with E-state index in [-0.39, 0.29) is 13.1 Å². The number of phosphoric acid groups is 1. The molecule has 7 heteroatoms. The second kappa shape index (κ2) is 4.27. The second-order valence-corrected chi connectivity index (χ2v) is 1.34. The maximum Gasteiger partial charge on any atom is 3.00 e. The summed E-state index contributed by atoms with van der Waals surface area (Å²) in [6, 6.07) is 0. The van der Waals surface area contributed by atoms with Gasteiger partial charge in [-0.2, -0.15) is 7.82 Å². The molecule has 0 aliphatic rings. The average molecular weight is 126 g/mol. The van der Waals surface area contributed by atoms with Gasteiger partial charge in [-0.1, -0.05) is 0 Å². The molecular weight excluding hydrogens is 125 g/mol. The van der Waals surface area contributed by atoms with Crippen molar-refractivity contribution in [2.24, 2.45) is 0 Å². The van der Waals surface area contributed by atoms with Crippen LogP contribution in [-0.2, 0) is 4.57 Å². The topological polar surface area (TPSA) is 86.2 Å². The molecule has 0 spiro atoms. The summed E-state index contributed by atoms with van der Waals surface area (Å²) in [7, 11) is -5.39. The maximum atomic E-state index is 8.55. The van der Waals surface area contributed by atoms with Gasteiger partial charge in [0.1, 0.15) is 0 Å². The predicted molar refractivity (Wildman–Crippen MR) is 15.9 cm³/mol. The fraction of sp³-hybridized carbons (Fsp3) is 0. The number of hydrogen-bond acceptors (Lipinski definition) is 4. The Kier molecular flexibility index (Phi) is 9.58. The van der Waals surface area contributed by atoms with Crippen molar-refractivity contribution in [2.75, 3.05) is 0 Å². The van der Waals surface area contributed by atoms with Crippen molar-refractivity contribution >= 4 is 16.2 Å². The Morgan fingerprint density at radius 2 is 1.14 bits per heavy atom. The first-order valence-corrected chi connectivity index (χ1v) is 2.19. The molecule has 40 valence electrons. The van der Waals surface area contributed by atoms with Crippen LogP contribution in [0.2, 0.25) is 0 Å². The van der Waals surface area contributed by atoms with Gasteiger partial charge in [-0.25, -0.2) is 0 Å². The Balaban J connectivity index is -0.0000000800. The third-order valence-corrected chi connectivity index (χ3v) is 0. The molecule has 0 fully saturated rings. The third kappa shape index (κ3) is 9340. The summed E-state index contributed by atoms with van der Waals surface area (Å²) in [5.41, 5.74) is 0. The molecule has 0 rings (SSSR count). The summed E-state index contributed by atoms with van der Waals surface area (Å²) in [5.74, 6) is 0. The molecule has 4 nitrogen and oxygen atoms in total. The number of hydrogen-bond donors (Lipinski definition) is 0. The molecule has 0 amide bonds. The SMILES string of the molecule is F.O=P([O-])([O-])[O-].[B+3]. The van der Waals surface area contributed by atoms with Crippen molar-refractivity contribution in [3.63, 3.8) is 0 Å². The van der Waals surface area contributed by atoms with Crippen molar-refractivity contribution in [3.05, 3.63) is 0 Å². The van der Waals surface area contributed by atoms with Crippen LogP contribution in [0.1, 0.15) is 0 Å². The molecular formula is HBFO4P. The Hall–Kier alpha value is 0.105. The molecule has 0 aliphatic heterocycles. The van der Waals surface area contributed by atoms with Gasteiger partial charge in [0.05, 0.1) is 0 Å². The standard InChI is InChI=1S/B.FH.H3O4P/c;;1-5(2,3)4/h;1H;(H3,1,2,3,4)/q+3;;/p-3. The van der Waals surface area contributed by atoms with Crippen LogP contribution in [0.25, 0.3) is 0 Å². The minimum atomic E-state index is -5.39. The van der Waals surface area contributed by atoms with Gasteiger partial charge in [-0.15, -0.1) is 0 Å². The molecule has 0 aliphatic carbocycles. The van der Waals surface area contributed by atoms with Crippen molar-refractivity contribution < 1.29 is 23.9 Å². The van der Waals surface area contributed by atoms with Gasteiger partial charge < -0.3 is 19.2 Å². The van der Waals surface area contributed by atoms with Gasteiger partial charge in [-0.3, -0.25) is 4.70 Å². The van der Waals surface area contributed by atoms with E-state index in [9.17, 15) is 0 Å². The molecule has 0 aromatic heterocycles. The Labute approximate surface area is 41.4 Å².